The first-order valence-electron chi connectivity index (χ1n) is 10.2. The average molecular weight is 387 g/mol. The van der Waals surface area contributed by atoms with Gasteiger partial charge in [0.2, 0.25) is 0 Å². The van der Waals surface area contributed by atoms with Gasteiger partial charge in [-0.15, -0.1) is 0 Å². The Morgan fingerprint density at radius 1 is 1.00 bits per heavy atom. The van der Waals surface area contributed by atoms with Gasteiger partial charge in [-0.2, -0.15) is 0 Å². The summed E-state index contributed by atoms with van der Waals surface area (Å²) in [5.74, 6) is 0.284. The average Bonchev–Trinajstić information content (AvgIpc) is 2.60. The van der Waals surface area contributed by atoms with Gasteiger partial charge in [0.25, 0.3) is 0 Å². The molecule has 1 aromatic carbocycles. The van der Waals surface area contributed by atoms with Crippen molar-refractivity contribution in [3.8, 4) is 11.5 Å². The van der Waals surface area contributed by atoms with Gasteiger partial charge in [0.15, 0.2) is 0 Å². The molecule has 0 aliphatic rings. The summed E-state index contributed by atoms with van der Waals surface area (Å²) in [5.41, 5.74) is 6.21. The standard InChI is InChI=1S/C25H38O3/c1-17(2)10-8-11-18(3)12-9-13-19(4)14-15-22-23(26)16-20(5)24(25(22)27)21(6)28-7/h10,12,14,16,21,26-27H,8-9,11,13,15H2,1-7H3/t21-/m1/s1. The molecule has 0 amide bonds. The van der Waals surface area contributed by atoms with Crippen LogP contribution >= 0.6 is 0 Å². The van der Waals surface area contributed by atoms with E-state index in [0.717, 1.165) is 36.8 Å². The van der Waals surface area contributed by atoms with E-state index in [1.165, 1.54) is 16.7 Å². The first-order valence-corrected chi connectivity index (χ1v) is 10.2. The van der Waals surface area contributed by atoms with Crippen molar-refractivity contribution in [2.24, 2.45) is 0 Å². The third kappa shape index (κ3) is 7.55. The molecule has 2 N–H and O–H groups in total. The second kappa shape index (κ2) is 11.8. The third-order valence-electron chi connectivity index (χ3n) is 5.17. The maximum absolute atomic E-state index is 10.7. The van der Waals surface area contributed by atoms with Gasteiger partial charge in [0.05, 0.1) is 6.10 Å². The van der Waals surface area contributed by atoms with Gasteiger partial charge < -0.3 is 14.9 Å². The van der Waals surface area contributed by atoms with Gasteiger partial charge in [-0.1, -0.05) is 34.9 Å². The van der Waals surface area contributed by atoms with Crippen LogP contribution in [0.25, 0.3) is 0 Å². The quantitative estimate of drug-likeness (QED) is 0.423. The molecule has 0 aromatic heterocycles. The van der Waals surface area contributed by atoms with E-state index in [2.05, 4.69) is 45.9 Å². The molecule has 0 heterocycles. The van der Waals surface area contributed by atoms with Gasteiger partial charge in [-0.25, -0.2) is 0 Å². The summed E-state index contributed by atoms with van der Waals surface area (Å²) in [6.07, 6.45) is 11.2. The predicted octanol–water partition coefficient (Wildman–Crippen LogP) is 7.08. The Kier molecular flexibility index (Phi) is 10.1. The van der Waals surface area contributed by atoms with Crippen LogP contribution in [-0.2, 0) is 11.2 Å². The fourth-order valence-corrected chi connectivity index (χ4v) is 3.29. The highest BCUT2D eigenvalue weighted by molar-refractivity contribution is 5.54. The van der Waals surface area contributed by atoms with E-state index in [9.17, 15) is 10.2 Å². The minimum absolute atomic E-state index is 0.140. The van der Waals surface area contributed by atoms with E-state index in [-0.39, 0.29) is 17.6 Å². The van der Waals surface area contributed by atoms with Gasteiger partial charge in [-0.3, -0.25) is 0 Å². The second-order valence-corrected chi connectivity index (χ2v) is 8.00. The molecule has 0 bridgehead atoms. The fourth-order valence-electron chi connectivity index (χ4n) is 3.29. The molecule has 1 atom stereocenters. The Morgan fingerprint density at radius 3 is 2.14 bits per heavy atom. The van der Waals surface area contributed by atoms with Crippen LogP contribution in [0.3, 0.4) is 0 Å². The normalized spacial score (nSPS) is 13.5. The Bertz CT molecular complexity index is 735. The Hall–Kier alpha value is -2.00. The predicted molar refractivity (Wildman–Crippen MR) is 119 cm³/mol. The molecular weight excluding hydrogens is 348 g/mol. The van der Waals surface area contributed by atoms with Crippen molar-refractivity contribution in [2.45, 2.75) is 79.8 Å². The lowest BCUT2D eigenvalue weighted by Crippen LogP contribution is -2.02. The Balaban J connectivity index is 2.74. The zero-order valence-corrected chi connectivity index (χ0v) is 18.7. The first-order chi connectivity index (χ1) is 13.2. The number of phenolic OH excluding ortho intramolecular Hbond substituents is 2. The summed E-state index contributed by atoms with van der Waals surface area (Å²) in [6, 6.07) is 1.71. The largest absolute Gasteiger partial charge is 0.508 e. The van der Waals surface area contributed by atoms with Crippen LogP contribution in [0.1, 0.15) is 83.1 Å². The van der Waals surface area contributed by atoms with Gasteiger partial charge in [-0.05, 0) is 85.3 Å². The maximum Gasteiger partial charge on any atom is 0.128 e. The van der Waals surface area contributed by atoms with Crippen molar-refractivity contribution in [1.82, 2.24) is 0 Å². The van der Waals surface area contributed by atoms with E-state index in [1.54, 1.807) is 13.2 Å². The highest BCUT2D eigenvalue weighted by Gasteiger charge is 2.19. The Labute approximate surface area is 171 Å². The van der Waals surface area contributed by atoms with E-state index in [0.29, 0.717) is 12.0 Å². The summed E-state index contributed by atoms with van der Waals surface area (Å²) < 4.78 is 5.37. The molecule has 3 nitrogen and oxygen atoms in total. The van der Waals surface area contributed by atoms with Crippen molar-refractivity contribution in [1.29, 1.82) is 0 Å². The van der Waals surface area contributed by atoms with Crippen LogP contribution in [0.4, 0.5) is 0 Å². The lowest BCUT2D eigenvalue weighted by molar-refractivity contribution is 0.116. The smallest absolute Gasteiger partial charge is 0.128 e. The van der Waals surface area contributed by atoms with Crippen LogP contribution in [0.15, 0.2) is 41.0 Å². The molecule has 0 aliphatic heterocycles. The summed E-state index contributed by atoms with van der Waals surface area (Å²) >= 11 is 0. The molecule has 0 aliphatic carbocycles. The number of ether oxygens (including phenoxy) is 1. The fraction of sp³-hybridized carbons (Fsp3) is 0.520. The van der Waals surface area contributed by atoms with Crippen molar-refractivity contribution in [2.75, 3.05) is 7.11 Å². The molecule has 156 valence electrons. The number of benzene rings is 1. The number of hydrogen-bond donors (Lipinski definition) is 2. The van der Waals surface area contributed by atoms with Crippen molar-refractivity contribution >= 4 is 0 Å². The van der Waals surface area contributed by atoms with E-state index >= 15 is 0 Å². The van der Waals surface area contributed by atoms with E-state index in [1.807, 2.05) is 13.8 Å². The molecule has 3 heteroatoms. The monoisotopic (exact) mass is 386 g/mol. The maximum atomic E-state index is 10.7. The number of phenols is 2. The minimum Gasteiger partial charge on any atom is -0.508 e. The van der Waals surface area contributed by atoms with Crippen LogP contribution in [-0.4, -0.2) is 17.3 Å². The van der Waals surface area contributed by atoms with Crippen molar-refractivity contribution < 1.29 is 14.9 Å². The lowest BCUT2D eigenvalue weighted by atomic mass is 9.96. The third-order valence-corrected chi connectivity index (χ3v) is 5.17. The molecule has 0 spiro atoms. The zero-order chi connectivity index (χ0) is 21.3. The lowest BCUT2D eigenvalue weighted by Gasteiger charge is -2.18. The number of rotatable bonds is 10. The second-order valence-electron chi connectivity index (χ2n) is 8.00. The summed E-state index contributed by atoms with van der Waals surface area (Å²) in [5, 5.41) is 20.9. The highest BCUT2D eigenvalue weighted by atomic mass is 16.5. The molecule has 28 heavy (non-hydrogen) atoms. The number of methoxy groups -OCH3 is 1. The van der Waals surface area contributed by atoms with Crippen LogP contribution in [0.2, 0.25) is 0 Å². The number of aromatic hydroxyl groups is 2. The van der Waals surface area contributed by atoms with Crippen molar-refractivity contribution in [3.05, 3.63) is 57.7 Å². The molecule has 0 unspecified atom stereocenters. The minimum atomic E-state index is -0.219. The first kappa shape index (κ1) is 24.0. The molecule has 0 saturated heterocycles. The topological polar surface area (TPSA) is 49.7 Å². The van der Waals surface area contributed by atoms with Crippen LogP contribution in [0.5, 0.6) is 11.5 Å². The summed E-state index contributed by atoms with van der Waals surface area (Å²) in [7, 11) is 1.62. The van der Waals surface area contributed by atoms with Crippen LogP contribution < -0.4 is 0 Å². The molecule has 0 fully saturated rings. The number of aryl methyl sites for hydroxylation is 1. The molecular formula is C25H38O3. The van der Waals surface area contributed by atoms with Gasteiger partial charge >= 0.3 is 0 Å². The highest BCUT2D eigenvalue weighted by Crippen LogP contribution is 2.38. The Morgan fingerprint density at radius 2 is 1.57 bits per heavy atom. The molecule has 0 saturated carbocycles. The zero-order valence-electron chi connectivity index (χ0n) is 18.7. The van der Waals surface area contributed by atoms with E-state index < -0.39 is 0 Å². The summed E-state index contributed by atoms with van der Waals surface area (Å²) in [6.45, 7) is 12.3. The number of hydrogen-bond acceptors (Lipinski definition) is 3. The summed E-state index contributed by atoms with van der Waals surface area (Å²) in [4.78, 5) is 0. The molecule has 0 radical (unpaired) electrons. The van der Waals surface area contributed by atoms with Crippen molar-refractivity contribution in [3.63, 3.8) is 0 Å². The SMILES string of the molecule is CO[C@H](C)c1c(C)cc(O)c(CC=C(C)CCC=C(C)CCC=C(C)C)c1O. The van der Waals surface area contributed by atoms with E-state index in [4.69, 9.17) is 4.74 Å². The number of allylic oxidation sites excluding steroid dienone is 6. The van der Waals surface area contributed by atoms with Gasteiger partial charge in [0.1, 0.15) is 11.5 Å². The van der Waals surface area contributed by atoms with Crippen LogP contribution in [0, 0.1) is 6.92 Å². The molecule has 1 rings (SSSR count). The molecule has 1 aromatic rings. The van der Waals surface area contributed by atoms with Gasteiger partial charge in [0, 0.05) is 18.2 Å².